The molecular weight excluding hydrogens is 148 g/mol. The van der Waals surface area contributed by atoms with Crippen LogP contribution in [0.25, 0.3) is 10.9 Å². The molecule has 0 saturated heterocycles. The van der Waals surface area contributed by atoms with E-state index in [1.165, 1.54) is 16.6 Å². The number of hydrogen-bond donors (Lipinski definition) is 2. The molecule has 0 aliphatic rings. The van der Waals surface area contributed by atoms with Crippen LogP contribution in [0.3, 0.4) is 0 Å². The minimum Gasteiger partial charge on any atom is -0.385 e. The van der Waals surface area contributed by atoms with Gasteiger partial charge in [-0.3, -0.25) is 0 Å². The van der Waals surface area contributed by atoms with E-state index >= 15 is 0 Å². The molecule has 2 heteroatoms. The first-order chi connectivity index (χ1) is 5.90. The van der Waals surface area contributed by atoms with E-state index in [1.54, 1.807) is 0 Å². The van der Waals surface area contributed by atoms with E-state index in [0.29, 0.717) is 0 Å². The van der Waals surface area contributed by atoms with Gasteiger partial charge in [0.1, 0.15) is 0 Å². The molecule has 2 aromatic rings. The molecule has 1 aromatic carbocycles. The van der Waals surface area contributed by atoms with Gasteiger partial charge in [-0.15, -0.1) is 0 Å². The smallest absolute Gasteiger partial charge is 0.0455 e. The average molecular weight is 160 g/mol. The number of aromatic amines is 1. The Labute approximate surface area is 71.6 Å². The second-order valence-corrected chi connectivity index (χ2v) is 2.81. The summed E-state index contributed by atoms with van der Waals surface area (Å²) in [5.74, 6) is 0. The highest BCUT2D eigenvalue weighted by Gasteiger charge is 1.94. The van der Waals surface area contributed by atoms with E-state index in [9.17, 15) is 0 Å². The van der Waals surface area contributed by atoms with Crippen LogP contribution in [-0.2, 0) is 0 Å². The number of aromatic nitrogens is 1. The van der Waals surface area contributed by atoms with E-state index in [-0.39, 0.29) is 0 Å². The molecule has 0 unspecified atom stereocenters. The van der Waals surface area contributed by atoms with Gasteiger partial charge in [0.2, 0.25) is 0 Å². The predicted octanol–water partition coefficient (Wildman–Crippen LogP) is 2.60. The lowest BCUT2D eigenvalue weighted by Gasteiger charge is -2.01. The fourth-order valence-electron chi connectivity index (χ4n) is 1.37. The van der Waals surface area contributed by atoms with Crippen LogP contribution in [0.2, 0.25) is 0 Å². The van der Waals surface area contributed by atoms with Gasteiger partial charge in [0.05, 0.1) is 0 Å². The number of H-pyrrole nitrogens is 1. The van der Waals surface area contributed by atoms with Crippen molar-refractivity contribution in [2.45, 2.75) is 6.92 Å². The second kappa shape index (κ2) is 2.89. The fraction of sp³-hybridized carbons (Fsp3) is 0.200. The molecule has 0 aliphatic carbocycles. The van der Waals surface area contributed by atoms with Crippen molar-refractivity contribution in [3.63, 3.8) is 0 Å². The quantitative estimate of drug-likeness (QED) is 0.694. The summed E-state index contributed by atoms with van der Waals surface area (Å²) >= 11 is 0. The standard InChI is InChI=1S/C10H12N2/c1-2-11-9-3-4-10-8(7-9)5-6-12-10/h3-7,11-12H,2H2,1H3. The Hall–Kier alpha value is -1.44. The van der Waals surface area contributed by atoms with Crippen LogP contribution in [0.4, 0.5) is 5.69 Å². The lowest BCUT2D eigenvalue weighted by molar-refractivity contribution is 1.21. The summed E-state index contributed by atoms with van der Waals surface area (Å²) < 4.78 is 0. The Morgan fingerprint density at radius 2 is 2.25 bits per heavy atom. The average Bonchev–Trinajstić information content (AvgIpc) is 2.51. The van der Waals surface area contributed by atoms with Crippen LogP contribution in [0.1, 0.15) is 6.92 Å². The fourth-order valence-corrected chi connectivity index (χ4v) is 1.37. The zero-order valence-electron chi connectivity index (χ0n) is 7.09. The highest BCUT2D eigenvalue weighted by molar-refractivity contribution is 5.82. The number of nitrogens with one attached hydrogen (secondary N) is 2. The summed E-state index contributed by atoms with van der Waals surface area (Å²) in [5, 5.41) is 4.53. The van der Waals surface area contributed by atoms with Gasteiger partial charge in [-0.25, -0.2) is 0 Å². The predicted molar refractivity (Wildman–Crippen MR) is 52.5 cm³/mol. The van der Waals surface area contributed by atoms with Crippen molar-refractivity contribution in [3.05, 3.63) is 30.5 Å². The molecule has 2 N–H and O–H groups in total. The molecule has 0 spiro atoms. The maximum Gasteiger partial charge on any atom is 0.0455 e. The molecule has 0 radical (unpaired) electrons. The highest BCUT2D eigenvalue weighted by Crippen LogP contribution is 2.17. The van der Waals surface area contributed by atoms with Crippen molar-refractivity contribution in [2.24, 2.45) is 0 Å². The first kappa shape index (κ1) is 7.22. The number of hydrogen-bond acceptors (Lipinski definition) is 1. The van der Waals surface area contributed by atoms with Crippen LogP contribution in [-0.4, -0.2) is 11.5 Å². The summed E-state index contributed by atoms with van der Waals surface area (Å²) in [6, 6.07) is 8.40. The third-order valence-corrected chi connectivity index (χ3v) is 1.93. The van der Waals surface area contributed by atoms with E-state index in [0.717, 1.165) is 6.54 Å². The van der Waals surface area contributed by atoms with Crippen molar-refractivity contribution in [2.75, 3.05) is 11.9 Å². The van der Waals surface area contributed by atoms with Crippen molar-refractivity contribution < 1.29 is 0 Å². The van der Waals surface area contributed by atoms with E-state index < -0.39 is 0 Å². The van der Waals surface area contributed by atoms with Gasteiger partial charge in [0.25, 0.3) is 0 Å². The van der Waals surface area contributed by atoms with Crippen LogP contribution >= 0.6 is 0 Å². The van der Waals surface area contributed by atoms with E-state index in [2.05, 4.69) is 41.5 Å². The molecule has 0 bridgehead atoms. The van der Waals surface area contributed by atoms with Gasteiger partial charge < -0.3 is 10.3 Å². The van der Waals surface area contributed by atoms with Crippen molar-refractivity contribution in [3.8, 4) is 0 Å². The molecule has 0 atom stereocenters. The van der Waals surface area contributed by atoms with Crippen molar-refractivity contribution in [1.29, 1.82) is 0 Å². The number of benzene rings is 1. The summed E-state index contributed by atoms with van der Waals surface area (Å²) in [4.78, 5) is 3.16. The highest BCUT2D eigenvalue weighted by atomic mass is 14.8. The second-order valence-electron chi connectivity index (χ2n) is 2.81. The summed E-state index contributed by atoms with van der Waals surface area (Å²) in [5.41, 5.74) is 2.38. The van der Waals surface area contributed by atoms with Crippen LogP contribution in [0.15, 0.2) is 30.5 Å². The largest absolute Gasteiger partial charge is 0.385 e. The zero-order valence-corrected chi connectivity index (χ0v) is 7.09. The minimum absolute atomic E-state index is 0.968. The lowest BCUT2D eigenvalue weighted by atomic mass is 10.2. The molecule has 1 aromatic heterocycles. The van der Waals surface area contributed by atoms with Crippen molar-refractivity contribution >= 4 is 16.6 Å². The molecule has 2 nitrogen and oxygen atoms in total. The number of rotatable bonds is 2. The maximum atomic E-state index is 3.28. The number of anilines is 1. The Bertz CT molecular complexity index is 376. The first-order valence-corrected chi connectivity index (χ1v) is 4.21. The molecule has 0 fully saturated rings. The summed E-state index contributed by atoms with van der Waals surface area (Å²) in [6.07, 6.45) is 1.96. The van der Waals surface area contributed by atoms with Gasteiger partial charge in [-0.2, -0.15) is 0 Å². The molecule has 0 saturated carbocycles. The van der Waals surface area contributed by atoms with Gasteiger partial charge in [-0.05, 0) is 31.2 Å². The van der Waals surface area contributed by atoms with Crippen LogP contribution < -0.4 is 5.32 Å². The van der Waals surface area contributed by atoms with Gasteiger partial charge in [-0.1, -0.05) is 0 Å². The Balaban J connectivity index is 2.46. The third kappa shape index (κ3) is 1.16. The minimum atomic E-state index is 0.968. The van der Waals surface area contributed by atoms with Crippen LogP contribution in [0.5, 0.6) is 0 Å². The SMILES string of the molecule is CCNc1ccc2[nH]ccc2c1. The molecule has 0 amide bonds. The number of fused-ring (bicyclic) bond motifs is 1. The summed E-state index contributed by atoms with van der Waals surface area (Å²) in [6.45, 7) is 3.07. The summed E-state index contributed by atoms with van der Waals surface area (Å²) in [7, 11) is 0. The normalized spacial score (nSPS) is 10.4. The lowest BCUT2D eigenvalue weighted by Crippen LogP contribution is -1.95. The zero-order chi connectivity index (χ0) is 8.39. The molecule has 62 valence electrons. The maximum absolute atomic E-state index is 3.28. The third-order valence-electron chi connectivity index (χ3n) is 1.93. The Kier molecular flexibility index (Phi) is 1.74. The van der Waals surface area contributed by atoms with Crippen molar-refractivity contribution in [1.82, 2.24) is 4.98 Å². The molecule has 12 heavy (non-hydrogen) atoms. The topological polar surface area (TPSA) is 27.8 Å². The van der Waals surface area contributed by atoms with E-state index in [1.807, 2.05) is 6.20 Å². The Morgan fingerprint density at radius 1 is 1.33 bits per heavy atom. The molecule has 2 rings (SSSR count). The Morgan fingerprint density at radius 3 is 3.08 bits per heavy atom. The van der Waals surface area contributed by atoms with Gasteiger partial charge >= 0.3 is 0 Å². The molecular formula is C10H12N2. The monoisotopic (exact) mass is 160 g/mol. The first-order valence-electron chi connectivity index (χ1n) is 4.21. The molecule has 0 aliphatic heterocycles. The van der Waals surface area contributed by atoms with Gasteiger partial charge in [0.15, 0.2) is 0 Å². The van der Waals surface area contributed by atoms with Crippen LogP contribution in [0, 0.1) is 0 Å². The van der Waals surface area contributed by atoms with E-state index in [4.69, 9.17) is 0 Å². The van der Waals surface area contributed by atoms with Gasteiger partial charge in [0, 0.05) is 29.3 Å². The molecule has 1 heterocycles.